The van der Waals surface area contributed by atoms with E-state index in [0.29, 0.717) is 19.3 Å². The third kappa shape index (κ3) is 39.2. The van der Waals surface area contributed by atoms with Crippen LogP contribution in [0.2, 0.25) is 0 Å². The third-order valence-corrected chi connectivity index (χ3v) is 14.5. The van der Waals surface area contributed by atoms with Crippen LogP contribution in [0.1, 0.15) is 264 Å². The van der Waals surface area contributed by atoms with Crippen LogP contribution in [0.3, 0.4) is 0 Å². The molecule has 1 fully saturated rings. The topological polar surface area (TPSA) is 189 Å². The molecule has 0 aromatic heterocycles. The minimum Gasteiger partial charge on any atom is -0.394 e. The Morgan fingerprint density at radius 1 is 0.473 bits per heavy atom. The molecular formula is C63H115NO10. The van der Waals surface area contributed by atoms with E-state index in [9.17, 15) is 40.5 Å². The van der Waals surface area contributed by atoms with Crippen LogP contribution in [0, 0.1) is 0 Å². The average Bonchev–Trinajstić information content (AvgIpc) is 3.40. The number of ether oxygens (including phenoxy) is 2. The Hall–Kier alpha value is -2.19. The lowest BCUT2D eigenvalue weighted by molar-refractivity contribution is -0.303. The highest BCUT2D eigenvalue weighted by Gasteiger charge is 2.44. The lowest BCUT2D eigenvalue weighted by Gasteiger charge is -2.40. The molecule has 1 saturated heterocycles. The number of rotatable bonds is 52. The summed E-state index contributed by atoms with van der Waals surface area (Å²) < 4.78 is 11.1. The summed E-state index contributed by atoms with van der Waals surface area (Å²) in [5, 5.41) is 76.2. The van der Waals surface area contributed by atoms with Gasteiger partial charge in [-0.05, 0) is 89.9 Å². The highest BCUT2D eigenvalue weighted by atomic mass is 16.7. The van der Waals surface area contributed by atoms with Crippen LogP contribution >= 0.6 is 0 Å². The molecule has 0 aliphatic carbocycles. The highest BCUT2D eigenvalue weighted by molar-refractivity contribution is 5.80. The van der Waals surface area contributed by atoms with Crippen molar-refractivity contribution in [3.63, 3.8) is 0 Å². The molecule has 11 heteroatoms. The number of aliphatic hydroxyl groups excluding tert-OH is 7. The van der Waals surface area contributed by atoms with Gasteiger partial charge in [0, 0.05) is 0 Å². The van der Waals surface area contributed by atoms with Crippen molar-refractivity contribution in [1.82, 2.24) is 5.32 Å². The molecule has 0 aromatic carbocycles. The Bertz CT molecular complexity index is 1380. The summed E-state index contributed by atoms with van der Waals surface area (Å²) in [7, 11) is 0. The number of nitrogens with one attached hydrogen (secondary N) is 1. The van der Waals surface area contributed by atoms with E-state index in [1.54, 1.807) is 0 Å². The van der Waals surface area contributed by atoms with Crippen molar-refractivity contribution in [3.8, 4) is 0 Å². The monoisotopic (exact) mass is 1050 g/mol. The van der Waals surface area contributed by atoms with E-state index in [1.165, 1.54) is 161 Å². The van der Waals surface area contributed by atoms with Crippen LogP contribution in [0.25, 0.3) is 0 Å². The van der Waals surface area contributed by atoms with E-state index in [0.717, 1.165) is 57.8 Å². The van der Waals surface area contributed by atoms with Gasteiger partial charge >= 0.3 is 0 Å². The molecule has 9 atom stereocenters. The fourth-order valence-corrected chi connectivity index (χ4v) is 9.52. The van der Waals surface area contributed by atoms with Crippen LogP contribution < -0.4 is 5.32 Å². The van der Waals surface area contributed by atoms with Crippen LogP contribution in [0.4, 0.5) is 0 Å². The van der Waals surface area contributed by atoms with Gasteiger partial charge in [0.15, 0.2) is 6.29 Å². The van der Waals surface area contributed by atoms with Gasteiger partial charge in [-0.3, -0.25) is 4.79 Å². The fourth-order valence-electron chi connectivity index (χ4n) is 9.52. The number of hydrogen-bond acceptors (Lipinski definition) is 10. The number of aliphatic hydroxyl groups is 7. The average molecular weight is 1050 g/mol. The van der Waals surface area contributed by atoms with Gasteiger partial charge in [-0.15, -0.1) is 0 Å². The molecule has 1 aliphatic rings. The molecule has 0 spiro atoms. The molecule has 0 radical (unpaired) electrons. The third-order valence-electron chi connectivity index (χ3n) is 14.5. The maximum Gasteiger partial charge on any atom is 0.249 e. The number of unbranched alkanes of at least 4 members (excludes halogenated alkanes) is 31. The first-order chi connectivity index (χ1) is 36.2. The predicted molar refractivity (Wildman–Crippen MR) is 307 cm³/mol. The first-order valence-corrected chi connectivity index (χ1v) is 30.7. The molecule has 0 saturated carbocycles. The second-order valence-electron chi connectivity index (χ2n) is 21.4. The van der Waals surface area contributed by atoms with E-state index in [-0.39, 0.29) is 12.8 Å². The van der Waals surface area contributed by atoms with Crippen molar-refractivity contribution in [2.24, 2.45) is 0 Å². The van der Waals surface area contributed by atoms with E-state index >= 15 is 0 Å². The quantitative estimate of drug-likeness (QED) is 0.0165. The fraction of sp³-hybridized carbons (Fsp3) is 0.825. The molecule has 11 nitrogen and oxygen atoms in total. The van der Waals surface area contributed by atoms with E-state index < -0.39 is 74.2 Å². The lowest BCUT2D eigenvalue weighted by Crippen LogP contribution is -2.60. The molecule has 74 heavy (non-hydrogen) atoms. The number of amides is 1. The molecule has 1 heterocycles. The Labute approximate surface area is 452 Å². The Morgan fingerprint density at radius 2 is 0.851 bits per heavy atom. The SMILES string of the molecule is CCCCC/C=C\C=C/CCCCCCCCCCCC(O)C(=O)NC(COC1OC(CO)C(O)C(O)C1O)C(O)C(O)CCC/C=C/CC/C=C/CC/C=C/CCCCCCCCCCCCCCCCCC. The second kappa shape index (κ2) is 51.6. The van der Waals surface area contributed by atoms with Crippen molar-refractivity contribution in [2.75, 3.05) is 13.2 Å². The van der Waals surface area contributed by atoms with Gasteiger partial charge in [0.2, 0.25) is 5.91 Å². The van der Waals surface area contributed by atoms with Gasteiger partial charge < -0.3 is 50.5 Å². The molecule has 0 aromatic rings. The first-order valence-electron chi connectivity index (χ1n) is 30.7. The van der Waals surface area contributed by atoms with E-state index in [4.69, 9.17) is 9.47 Å². The lowest BCUT2D eigenvalue weighted by atomic mass is 9.98. The maximum atomic E-state index is 13.2. The Morgan fingerprint density at radius 3 is 1.31 bits per heavy atom. The van der Waals surface area contributed by atoms with Crippen molar-refractivity contribution >= 4 is 5.91 Å². The number of hydrogen-bond donors (Lipinski definition) is 8. The van der Waals surface area contributed by atoms with Crippen LogP contribution in [-0.4, -0.2) is 110 Å². The molecular weight excluding hydrogens is 931 g/mol. The van der Waals surface area contributed by atoms with Crippen molar-refractivity contribution in [2.45, 2.75) is 319 Å². The molecule has 1 amide bonds. The summed E-state index contributed by atoms with van der Waals surface area (Å²) in [5.74, 6) is -0.717. The molecule has 8 N–H and O–H groups in total. The van der Waals surface area contributed by atoms with Crippen molar-refractivity contribution in [3.05, 3.63) is 60.8 Å². The van der Waals surface area contributed by atoms with Crippen molar-refractivity contribution in [1.29, 1.82) is 0 Å². The van der Waals surface area contributed by atoms with Crippen LogP contribution in [0.5, 0.6) is 0 Å². The minimum absolute atomic E-state index is 0.238. The summed E-state index contributed by atoms with van der Waals surface area (Å²) in [6.07, 6.45) is 55.7. The number of carbonyl (C=O) groups excluding carboxylic acids is 1. The maximum absolute atomic E-state index is 13.2. The zero-order valence-corrected chi connectivity index (χ0v) is 47.3. The number of carbonyl (C=O) groups is 1. The normalized spacial score (nSPS) is 20.3. The first kappa shape index (κ1) is 69.8. The van der Waals surface area contributed by atoms with Gasteiger partial charge in [-0.1, -0.05) is 235 Å². The smallest absolute Gasteiger partial charge is 0.249 e. The van der Waals surface area contributed by atoms with Crippen LogP contribution in [0.15, 0.2) is 60.8 Å². The summed E-state index contributed by atoms with van der Waals surface area (Å²) in [5.41, 5.74) is 0. The molecule has 9 unspecified atom stereocenters. The summed E-state index contributed by atoms with van der Waals surface area (Å²) in [6.45, 7) is 3.42. The van der Waals surface area contributed by atoms with Gasteiger partial charge in [0.1, 0.15) is 36.6 Å². The zero-order valence-electron chi connectivity index (χ0n) is 47.3. The van der Waals surface area contributed by atoms with Crippen molar-refractivity contribution < 1.29 is 50.0 Å². The summed E-state index contributed by atoms with van der Waals surface area (Å²) in [4.78, 5) is 13.2. The highest BCUT2D eigenvalue weighted by Crippen LogP contribution is 2.23. The summed E-state index contributed by atoms with van der Waals surface area (Å²) in [6, 6.07) is -1.20. The zero-order chi connectivity index (χ0) is 54.0. The van der Waals surface area contributed by atoms with Gasteiger partial charge in [0.25, 0.3) is 0 Å². The number of allylic oxidation sites excluding steroid dienone is 10. The van der Waals surface area contributed by atoms with Gasteiger partial charge in [-0.2, -0.15) is 0 Å². The van der Waals surface area contributed by atoms with E-state index in [1.807, 2.05) is 0 Å². The Balaban J connectivity index is 2.31. The van der Waals surface area contributed by atoms with Crippen LogP contribution in [-0.2, 0) is 14.3 Å². The standard InChI is InChI=1S/C63H115NO10/c1-3-5-7-9-11-13-15-17-19-21-23-24-25-26-27-28-29-30-31-32-33-35-36-38-40-42-44-46-48-50-55(66)58(68)54(53-73-63-61(71)60(70)59(69)57(52-65)74-63)64-62(72)56(67)51-49-47-45-43-41-39-37-34-22-20-18-16-14-12-10-8-6-4-2/h12,14,16,18,30-31,35-36,42,44,54-61,63,65-71H,3-11,13,15,17,19-29,32-34,37-41,43,45-53H2,1-2H3,(H,64,72)/b14-12-,18-16-,31-30+,36-35+,44-42+. The molecule has 0 bridgehead atoms. The minimum atomic E-state index is -1.68. The van der Waals surface area contributed by atoms with Gasteiger partial charge in [0.05, 0.1) is 25.4 Å². The molecule has 1 rings (SSSR count). The second-order valence-corrected chi connectivity index (χ2v) is 21.4. The predicted octanol–water partition coefficient (Wildman–Crippen LogP) is 13.4. The largest absolute Gasteiger partial charge is 0.394 e. The molecule has 1 aliphatic heterocycles. The van der Waals surface area contributed by atoms with Gasteiger partial charge in [-0.25, -0.2) is 0 Å². The molecule has 432 valence electrons. The summed E-state index contributed by atoms with van der Waals surface area (Å²) >= 11 is 0. The van der Waals surface area contributed by atoms with E-state index in [2.05, 4.69) is 79.9 Å². The Kier molecular flexibility index (Phi) is 48.7.